The van der Waals surface area contributed by atoms with E-state index in [1.165, 1.54) is 6.07 Å². The van der Waals surface area contributed by atoms with Crippen molar-refractivity contribution >= 4 is 21.7 Å². The Morgan fingerprint density at radius 3 is 2.39 bits per heavy atom. The summed E-state index contributed by atoms with van der Waals surface area (Å²) in [4.78, 5) is 8.14. The number of halogens is 3. The van der Waals surface area contributed by atoms with Gasteiger partial charge in [-0.3, -0.25) is 0 Å². The number of hydrogen-bond donors (Lipinski definition) is 1. The van der Waals surface area contributed by atoms with E-state index in [0.29, 0.717) is 11.4 Å². The van der Waals surface area contributed by atoms with E-state index in [9.17, 15) is 8.78 Å². The van der Waals surface area contributed by atoms with Crippen LogP contribution in [0.5, 0.6) is 0 Å². The molecule has 94 valence electrons. The summed E-state index contributed by atoms with van der Waals surface area (Å²) < 4.78 is 27.8. The maximum atomic E-state index is 14.0. The van der Waals surface area contributed by atoms with Crippen LogP contribution in [0, 0.1) is 25.5 Å². The van der Waals surface area contributed by atoms with E-state index in [0.717, 1.165) is 6.07 Å². The minimum absolute atomic E-state index is 0.00833. The summed E-state index contributed by atoms with van der Waals surface area (Å²) >= 11 is 3.00. The third-order valence-electron chi connectivity index (χ3n) is 2.61. The molecule has 1 aromatic heterocycles. The van der Waals surface area contributed by atoms with Gasteiger partial charge in [-0.05, 0) is 41.9 Å². The van der Waals surface area contributed by atoms with E-state index in [1.807, 2.05) is 0 Å². The Morgan fingerprint density at radius 1 is 1.11 bits per heavy atom. The molecule has 0 unspecified atom stereocenters. The van der Waals surface area contributed by atoms with Gasteiger partial charge in [0.2, 0.25) is 0 Å². The van der Waals surface area contributed by atoms with Crippen molar-refractivity contribution in [3.63, 3.8) is 0 Å². The lowest BCUT2D eigenvalue weighted by atomic mass is 10.1. The van der Waals surface area contributed by atoms with E-state index >= 15 is 0 Å². The van der Waals surface area contributed by atoms with Gasteiger partial charge in [0.15, 0.2) is 5.82 Å². The average Bonchev–Trinajstić information content (AvgIpc) is 2.31. The second-order valence-corrected chi connectivity index (χ2v) is 4.70. The van der Waals surface area contributed by atoms with Crippen molar-refractivity contribution in [2.45, 2.75) is 13.8 Å². The largest absolute Gasteiger partial charge is 0.382 e. The summed E-state index contributed by atoms with van der Waals surface area (Å²) in [6, 6.07) is 2.44. The van der Waals surface area contributed by atoms with Gasteiger partial charge in [0.05, 0.1) is 21.4 Å². The number of hydrogen-bond acceptors (Lipinski definition) is 3. The van der Waals surface area contributed by atoms with Crippen LogP contribution in [0.2, 0.25) is 0 Å². The molecule has 0 aliphatic heterocycles. The molecule has 0 saturated heterocycles. The van der Waals surface area contributed by atoms with Crippen molar-refractivity contribution in [3.8, 4) is 11.3 Å². The number of nitrogens with two attached hydrogens (primary N) is 1. The molecule has 2 N–H and O–H groups in total. The van der Waals surface area contributed by atoms with E-state index in [1.54, 1.807) is 13.8 Å². The first-order valence-corrected chi connectivity index (χ1v) is 5.95. The third kappa shape index (κ3) is 2.08. The van der Waals surface area contributed by atoms with Gasteiger partial charge in [0.1, 0.15) is 17.3 Å². The summed E-state index contributed by atoms with van der Waals surface area (Å²) in [5.41, 5.74) is 6.66. The van der Waals surface area contributed by atoms with Gasteiger partial charge in [-0.15, -0.1) is 0 Å². The maximum absolute atomic E-state index is 14.0. The van der Waals surface area contributed by atoms with Crippen molar-refractivity contribution < 1.29 is 8.78 Å². The molecule has 0 fully saturated rings. The molecule has 0 aliphatic rings. The highest BCUT2D eigenvalue weighted by Gasteiger charge is 2.19. The van der Waals surface area contributed by atoms with Crippen LogP contribution in [0.15, 0.2) is 16.6 Å². The third-order valence-corrected chi connectivity index (χ3v) is 3.23. The first-order chi connectivity index (χ1) is 8.41. The predicted molar refractivity (Wildman–Crippen MR) is 69.0 cm³/mol. The van der Waals surface area contributed by atoms with E-state index in [-0.39, 0.29) is 21.5 Å². The fourth-order valence-electron chi connectivity index (χ4n) is 1.55. The van der Waals surface area contributed by atoms with Crippen LogP contribution >= 0.6 is 15.9 Å². The van der Waals surface area contributed by atoms with Crippen LogP contribution in [0.25, 0.3) is 11.3 Å². The topological polar surface area (TPSA) is 51.8 Å². The second-order valence-electron chi connectivity index (χ2n) is 3.85. The van der Waals surface area contributed by atoms with E-state index in [4.69, 9.17) is 5.73 Å². The Morgan fingerprint density at radius 2 is 1.72 bits per heavy atom. The molecular weight excluding hydrogens is 304 g/mol. The molecule has 2 rings (SSSR count). The highest BCUT2D eigenvalue weighted by molar-refractivity contribution is 9.10. The first-order valence-electron chi connectivity index (χ1n) is 5.16. The Hall–Kier alpha value is -1.56. The summed E-state index contributed by atoms with van der Waals surface area (Å²) in [7, 11) is 0. The fourth-order valence-corrected chi connectivity index (χ4v) is 1.88. The van der Waals surface area contributed by atoms with Crippen LogP contribution in [0.1, 0.15) is 11.4 Å². The Balaban J connectivity index is 2.77. The Bertz CT molecular complexity index is 629. The molecule has 1 heterocycles. The molecule has 0 atom stereocenters. The zero-order valence-electron chi connectivity index (χ0n) is 9.76. The minimum Gasteiger partial charge on any atom is -0.382 e. The van der Waals surface area contributed by atoms with Crippen LogP contribution in [-0.2, 0) is 0 Å². The van der Waals surface area contributed by atoms with Crippen molar-refractivity contribution in [1.82, 2.24) is 9.97 Å². The second kappa shape index (κ2) is 4.61. The quantitative estimate of drug-likeness (QED) is 0.821. The van der Waals surface area contributed by atoms with Gasteiger partial charge in [-0.2, -0.15) is 0 Å². The summed E-state index contributed by atoms with van der Waals surface area (Å²) in [5.74, 6) is -1.45. The molecule has 0 amide bonds. The van der Waals surface area contributed by atoms with E-state index < -0.39 is 11.6 Å². The molecule has 0 saturated carbocycles. The number of aromatic nitrogens is 2. The molecule has 0 spiro atoms. The number of nitrogens with zero attached hydrogens (tertiary/aromatic N) is 2. The standard InChI is InChI=1S/C12H10BrF2N3/c1-5-6(2)18-12(16)11(17-5)9-8(14)4-3-7(13)10(9)15/h3-4H,1-2H3,(H2,16,18). The average molecular weight is 314 g/mol. The molecular formula is C12H10BrF2N3. The Labute approximate surface area is 111 Å². The summed E-state index contributed by atoms with van der Waals surface area (Å²) in [6.07, 6.45) is 0. The molecule has 18 heavy (non-hydrogen) atoms. The lowest BCUT2D eigenvalue weighted by Gasteiger charge is -2.10. The van der Waals surface area contributed by atoms with Gasteiger partial charge in [0, 0.05) is 0 Å². The summed E-state index contributed by atoms with van der Waals surface area (Å²) in [6.45, 7) is 3.44. The highest BCUT2D eigenvalue weighted by atomic mass is 79.9. The molecule has 2 aromatic rings. The van der Waals surface area contributed by atoms with Crippen LogP contribution in [-0.4, -0.2) is 9.97 Å². The van der Waals surface area contributed by atoms with Crippen molar-refractivity contribution in [2.75, 3.05) is 5.73 Å². The minimum atomic E-state index is -0.737. The SMILES string of the molecule is Cc1nc(N)c(-c2c(F)ccc(Br)c2F)nc1C. The number of aryl methyl sites for hydroxylation is 2. The van der Waals surface area contributed by atoms with Crippen molar-refractivity contribution in [3.05, 3.63) is 39.6 Å². The lowest BCUT2D eigenvalue weighted by Crippen LogP contribution is -2.04. The molecule has 6 heteroatoms. The molecule has 1 aromatic carbocycles. The van der Waals surface area contributed by atoms with Gasteiger partial charge in [0.25, 0.3) is 0 Å². The van der Waals surface area contributed by atoms with Crippen LogP contribution < -0.4 is 5.73 Å². The molecule has 0 radical (unpaired) electrons. The van der Waals surface area contributed by atoms with Crippen molar-refractivity contribution in [2.24, 2.45) is 0 Å². The normalized spacial score (nSPS) is 10.7. The fraction of sp³-hybridized carbons (Fsp3) is 0.167. The predicted octanol–water partition coefficient (Wildman–Crippen LogP) is 3.38. The van der Waals surface area contributed by atoms with Gasteiger partial charge < -0.3 is 5.73 Å². The smallest absolute Gasteiger partial charge is 0.150 e. The monoisotopic (exact) mass is 313 g/mol. The number of anilines is 1. The van der Waals surface area contributed by atoms with Gasteiger partial charge >= 0.3 is 0 Å². The molecule has 3 nitrogen and oxygen atoms in total. The number of nitrogen functional groups attached to an aromatic ring is 1. The Kier molecular flexibility index (Phi) is 3.30. The van der Waals surface area contributed by atoms with E-state index in [2.05, 4.69) is 25.9 Å². The maximum Gasteiger partial charge on any atom is 0.150 e. The van der Waals surface area contributed by atoms with Gasteiger partial charge in [-0.1, -0.05) is 0 Å². The number of benzene rings is 1. The lowest BCUT2D eigenvalue weighted by molar-refractivity contribution is 0.584. The van der Waals surface area contributed by atoms with Gasteiger partial charge in [-0.25, -0.2) is 18.7 Å². The highest BCUT2D eigenvalue weighted by Crippen LogP contribution is 2.32. The van der Waals surface area contributed by atoms with Crippen molar-refractivity contribution in [1.29, 1.82) is 0 Å². The first kappa shape index (κ1) is 12.9. The van der Waals surface area contributed by atoms with Crippen LogP contribution in [0.3, 0.4) is 0 Å². The zero-order chi connectivity index (χ0) is 13.4. The molecule has 0 bridgehead atoms. The molecule has 0 aliphatic carbocycles. The zero-order valence-corrected chi connectivity index (χ0v) is 11.3. The summed E-state index contributed by atoms with van der Waals surface area (Å²) in [5, 5.41) is 0. The van der Waals surface area contributed by atoms with Crippen LogP contribution in [0.4, 0.5) is 14.6 Å². The number of rotatable bonds is 1.